The smallest absolute Gasteiger partial charge is 0.369 e. The molecule has 114 valence electrons. The Kier molecular flexibility index (Phi) is 3.26. The molecule has 1 aliphatic carbocycles. The van der Waals surface area contributed by atoms with Crippen LogP contribution in [0.1, 0.15) is 38.3 Å². The highest BCUT2D eigenvalue weighted by atomic mass is 19.4. The summed E-state index contributed by atoms with van der Waals surface area (Å²) in [4.78, 5) is 7.24. The first kappa shape index (κ1) is 14.1. The molecule has 0 saturated heterocycles. The van der Waals surface area contributed by atoms with Crippen LogP contribution in [0.2, 0.25) is 0 Å². The highest BCUT2D eigenvalue weighted by Gasteiger charge is 2.34. The minimum Gasteiger partial charge on any atom is -0.369 e. The van der Waals surface area contributed by atoms with Crippen molar-refractivity contribution < 1.29 is 13.2 Å². The van der Waals surface area contributed by atoms with Gasteiger partial charge >= 0.3 is 6.18 Å². The van der Waals surface area contributed by atoms with Crippen LogP contribution in [0.3, 0.4) is 0 Å². The van der Waals surface area contributed by atoms with E-state index >= 15 is 0 Å². The zero-order valence-electron chi connectivity index (χ0n) is 11.6. The van der Waals surface area contributed by atoms with E-state index in [1.807, 2.05) is 0 Å². The van der Waals surface area contributed by atoms with E-state index in [0.29, 0.717) is 6.54 Å². The largest absolute Gasteiger partial charge is 0.433 e. The van der Waals surface area contributed by atoms with Gasteiger partial charge in [0.2, 0.25) is 0 Å². The lowest BCUT2D eigenvalue weighted by atomic mass is 9.89. The highest BCUT2D eigenvalue weighted by molar-refractivity contribution is 5.45. The summed E-state index contributed by atoms with van der Waals surface area (Å²) in [6, 6.07) is 0.986. The third kappa shape index (κ3) is 2.79. The number of fused-ring (bicyclic) bond motifs is 1. The first-order chi connectivity index (χ1) is 9.87. The summed E-state index contributed by atoms with van der Waals surface area (Å²) in [6.45, 7) is 2.76. The molecule has 0 spiro atoms. The second kappa shape index (κ2) is 4.85. The number of hydrogen-bond acceptors (Lipinski definition) is 4. The quantitative estimate of drug-likeness (QED) is 0.946. The van der Waals surface area contributed by atoms with Crippen LogP contribution in [-0.4, -0.2) is 26.1 Å². The first-order valence-electron chi connectivity index (χ1n) is 6.89. The molecule has 2 aromatic rings. The highest BCUT2D eigenvalue weighted by Crippen LogP contribution is 2.37. The van der Waals surface area contributed by atoms with Crippen LogP contribution in [0.25, 0.3) is 5.78 Å². The van der Waals surface area contributed by atoms with Gasteiger partial charge in [0, 0.05) is 12.6 Å². The van der Waals surface area contributed by atoms with Gasteiger partial charge in [0.1, 0.15) is 12.1 Å². The molecule has 0 radical (unpaired) electrons. The Bertz CT molecular complexity index is 643. The van der Waals surface area contributed by atoms with E-state index in [1.54, 1.807) is 0 Å². The van der Waals surface area contributed by atoms with Gasteiger partial charge in [-0.15, -0.1) is 0 Å². The topological polar surface area (TPSA) is 55.1 Å². The number of nitrogens with one attached hydrogen (secondary N) is 1. The number of aromatic nitrogens is 4. The predicted molar refractivity (Wildman–Crippen MR) is 70.8 cm³/mol. The number of rotatable bonds is 3. The Morgan fingerprint density at radius 1 is 1.33 bits per heavy atom. The average Bonchev–Trinajstić information content (AvgIpc) is 3.03. The van der Waals surface area contributed by atoms with Crippen molar-refractivity contribution in [3.05, 3.63) is 18.1 Å². The minimum atomic E-state index is -4.50. The van der Waals surface area contributed by atoms with Gasteiger partial charge in [-0.3, -0.25) is 0 Å². The molecule has 0 aromatic carbocycles. The van der Waals surface area contributed by atoms with Gasteiger partial charge in [0.05, 0.1) is 0 Å². The van der Waals surface area contributed by atoms with E-state index in [0.717, 1.165) is 18.9 Å². The number of alkyl halides is 3. The molecule has 0 aliphatic heterocycles. The summed E-state index contributed by atoms with van der Waals surface area (Å²) in [5, 5.41) is 7.01. The van der Waals surface area contributed by atoms with Crippen LogP contribution in [0.5, 0.6) is 0 Å². The lowest BCUT2D eigenvalue weighted by molar-refractivity contribution is -0.141. The van der Waals surface area contributed by atoms with Crippen LogP contribution < -0.4 is 5.32 Å². The van der Waals surface area contributed by atoms with Crippen LogP contribution in [0, 0.1) is 5.41 Å². The lowest BCUT2D eigenvalue weighted by Gasteiger charge is -2.24. The van der Waals surface area contributed by atoms with Gasteiger partial charge in [-0.05, 0) is 18.3 Å². The van der Waals surface area contributed by atoms with E-state index < -0.39 is 11.9 Å². The van der Waals surface area contributed by atoms with E-state index in [4.69, 9.17) is 0 Å². The van der Waals surface area contributed by atoms with E-state index in [9.17, 15) is 13.2 Å². The fourth-order valence-corrected chi connectivity index (χ4v) is 2.79. The summed E-state index contributed by atoms with van der Waals surface area (Å²) in [5.41, 5.74) is -0.837. The molecule has 0 atom stereocenters. The van der Waals surface area contributed by atoms with Crippen molar-refractivity contribution in [3.63, 3.8) is 0 Å². The average molecular weight is 299 g/mol. The Morgan fingerprint density at radius 2 is 2.05 bits per heavy atom. The summed E-state index contributed by atoms with van der Waals surface area (Å²) in [5.74, 6) is 0.224. The van der Waals surface area contributed by atoms with Gasteiger partial charge < -0.3 is 5.32 Å². The van der Waals surface area contributed by atoms with Crippen molar-refractivity contribution in [1.29, 1.82) is 0 Å². The lowest BCUT2D eigenvalue weighted by Crippen LogP contribution is -2.24. The van der Waals surface area contributed by atoms with Crippen molar-refractivity contribution in [2.75, 3.05) is 11.9 Å². The molecule has 8 heteroatoms. The molecule has 3 rings (SSSR count). The van der Waals surface area contributed by atoms with Gasteiger partial charge in [0.25, 0.3) is 5.78 Å². The standard InChI is InChI=1S/C13H16F3N5/c1-12(4-2-3-5-12)7-17-10-6-9(13(14,15)16)20-11-18-8-19-21(10)11/h6,8,17H,2-5,7H2,1H3. The fourth-order valence-electron chi connectivity index (χ4n) is 2.79. The molecule has 1 fully saturated rings. The third-order valence-electron chi connectivity index (χ3n) is 4.05. The summed E-state index contributed by atoms with van der Waals surface area (Å²) in [7, 11) is 0. The minimum absolute atomic E-state index is 0.0519. The second-order valence-corrected chi connectivity index (χ2v) is 5.87. The molecule has 1 saturated carbocycles. The molecule has 0 bridgehead atoms. The van der Waals surface area contributed by atoms with E-state index in [2.05, 4.69) is 27.3 Å². The van der Waals surface area contributed by atoms with Crippen LogP contribution in [0.15, 0.2) is 12.4 Å². The number of anilines is 1. The zero-order chi connectivity index (χ0) is 15.1. The van der Waals surface area contributed by atoms with Crippen molar-refractivity contribution in [2.24, 2.45) is 5.41 Å². The third-order valence-corrected chi connectivity index (χ3v) is 4.05. The summed E-state index contributed by atoms with van der Waals surface area (Å²) in [6.07, 6.45) is 1.20. The summed E-state index contributed by atoms with van der Waals surface area (Å²) < 4.78 is 39.9. The number of halogens is 3. The normalized spacial score (nSPS) is 18.3. The Morgan fingerprint density at radius 3 is 2.71 bits per heavy atom. The Hall–Kier alpha value is -1.86. The van der Waals surface area contributed by atoms with Gasteiger partial charge in [-0.2, -0.15) is 27.8 Å². The van der Waals surface area contributed by atoms with E-state index in [-0.39, 0.29) is 17.0 Å². The van der Waals surface area contributed by atoms with Crippen LogP contribution in [0.4, 0.5) is 19.0 Å². The molecule has 0 unspecified atom stereocenters. The molecular formula is C13H16F3N5. The molecule has 1 N–H and O–H groups in total. The van der Waals surface area contributed by atoms with Crippen LogP contribution in [-0.2, 0) is 6.18 Å². The number of hydrogen-bond donors (Lipinski definition) is 1. The number of nitrogens with zero attached hydrogens (tertiary/aromatic N) is 4. The molecule has 21 heavy (non-hydrogen) atoms. The van der Waals surface area contributed by atoms with Crippen molar-refractivity contribution >= 4 is 11.6 Å². The maximum Gasteiger partial charge on any atom is 0.433 e. The monoisotopic (exact) mass is 299 g/mol. The summed E-state index contributed by atoms with van der Waals surface area (Å²) >= 11 is 0. The predicted octanol–water partition coefficient (Wildman–Crippen LogP) is 3.14. The maximum absolute atomic E-state index is 12.9. The Balaban J connectivity index is 1.91. The molecular weight excluding hydrogens is 283 g/mol. The molecule has 2 aromatic heterocycles. The molecule has 0 amide bonds. The molecule has 2 heterocycles. The Labute approximate surface area is 119 Å². The maximum atomic E-state index is 12.9. The van der Waals surface area contributed by atoms with Gasteiger partial charge in [-0.1, -0.05) is 19.8 Å². The van der Waals surface area contributed by atoms with Crippen molar-refractivity contribution in [3.8, 4) is 0 Å². The van der Waals surface area contributed by atoms with Gasteiger partial charge in [0.15, 0.2) is 5.69 Å². The fraction of sp³-hybridized carbons (Fsp3) is 0.615. The molecule has 5 nitrogen and oxygen atoms in total. The SMILES string of the molecule is CC1(CNc2cc(C(F)(F)F)nc3ncnn23)CCCC1. The first-order valence-corrected chi connectivity index (χ1v) is 6.89. The van der Waals surface area contributed by atoms with Crippen molar-refractivity contribution in [2.45, 2.75) is 38.8 Å². The van der Waals surface area contributed by atoms with Gasteiger partial charge in [-0.25, -0.2) is 4.98 Å². The second-order valence-electron chi connectivity index (χ2n) is 5.87. The van der Waals surface area contributed by atoms with Crippen molar-refractivity contribution in [1.82, 2.24) is 19.6 Å². The van der Waals surface area contributed by atoms with Crippen LogP contribution >= 0.6 is 0 Å². The molecule has 1 aliphatic rings. The van der Waals surface area contributed by atoms with E-state index in [1.165, 1.54) is 23.7 Å². The zero-order valence-corrected chi connectivity index (χ0v) is 11.6.